The van der Waals surface area contributed by atoms with Gasteiger partial charge in [0.25, 0.3) is 0 Å². The largest absolute Gasteiger partial charge is 0.396 e. The van der Waals surface area contributed by atoms with Crippen molar-refractivity contribution < 1.29 is 5.11 Å². The number of piperidine rings is 1. The molecule has 3 N–H and O–H groups in total. The van der Waals surface area contributed by atoms with E-state index in [4.69, 9.17) is 0 Å². The number of hydrogen-bond acceptors (Lipinski definition) is 2. The number of H-pyrrole nitrogens is 1. The van der Waals surface area contributed by atoms with Gasteiger partial charge in [-0.15, -0.1) is 0 Å². The van der Waals surface area contributed by atoms with Crippen LogP contribution >= 0.6 is 0 Å². The summed E-state index contributed by atoms with van der Waals surface area (Å²) in [6, 6.07) is 7.10. The summed E-state index contributed by atoms with van der Waals surface area (Å²) in [4.78, 5) is 3.38. The number of aliphatic hydroxyl groups is 1. The highest BCUT2D eigenvalue weighted by Gasteiger charge is 2.35. The summed E-state index contributed by atoms with van der Waals surface area (Å²) in [6.07, 6.45) is 4.38. The van der Waals surface area contributed by atoms with E-state index in [0.29, 0.717) is 24.5 Å². The molecule has 2 aliphatic rings. The molecule has 0 spiro atoms. The fraction of sp³-hybridized carbons (Fsp3) is 0.467. The Balaban J connectivity index is 1.85. The van der Waals surface area contributed by atoms with Crippen LogP contribution in [0.15, 0.2) is 24.4 Å². The minimum absolute atomic E-state index is 0.298. The summed E-state index contributed by atoms with van der Waals surface area (Å²) in [5, 5.41) is 14.4. The van der Waals surface area contributed by atoms with E-state index >= 15 is 0 Å². The molecule has 1 aliphatic carbocycles. The number of nitrogens with one attached hydrogen (secondary N) is 2. The molecule has 1 aromatic carbocycles. The van der Waals surface area contributed by atoms with Gasteiger partial charge in [-0.2, -0.15) is 0 Å². The SMILES string of the molecule is OCC1CN[C@H]2Cc3c[nH]c4cccc(c34)[C@@H]2C1. The minimum atomic E-state index is 0.298. The number of aromatic amines is 1. The molecule has 1 saturated heterocycles. The molecule has 0 saturated carbocycles. The zero-order valence-electron chi connectivity index (χ0n) is 10.3. The van der Waals surface area contributed by atoms with Crippen LogP contribution in [0, 0.1) is 5.92 Å². The monoisotopic (exact) mass is 242 g/mol. The Labute approximate surface area is 106 Å². The smallest absolute Gasteiger partial charge is 0.0471 e. The van der Waals surface area contributed by atoms with Gasteiger partial charge in [-0.3, -0.25) is 0 Å². The van der Waals surface area contributed by atoms with Crippen LogP contribution in [-0.4, -0.2) is 29.3 Å². The normalized spacial score (nSPS) is 30.4. The van der Waals surface area contributed by atoms with Crippen molar-refractivity contribution in [2.24, 2.45) is 5.92 Å². The van der Waals surface area contributed by atoms with Crippen LogP contribution in [0.25, 0.3) is 10.9 Å². The first kappa shape index (κ1) is 10.6. The summed E-state index contributed by atoms with van der Waals surface area (Å²) in [6.45, 7) is 1.25. The van der Waals surface area contributed by atoms with Crippen molar-refractivity contribution in [2.45, 2.75) is 24.8 Å². The topological polar surface area (TPSA) is 48.0 Å². The maximum atomic E-state index is 9.38. The van der Waals surface area contributed by atoms with E-state index < -0.39 is 0 Å². The molecule has 0 radical (unpaired) electrons. The number of fused-ring (bicyclic) bond motifs is 2. The van der Waals surface area contributed by atoms with Crippen molar-refractivity contribution >= 4 is 10.9 Å². The second-order valence-electron chi connectivity index (χ2n) is 5.69. The van der Waals surface area contributed by atoms with E-state index in [1.165, 1.54) is 22.0 Å². The lowest BCUT2D eigenvalue weighted by Gasteiger charge is -2.39. The summed E-state index contributed by atoms with van der Waals surface area (Å²) in [5.41, 5.74) is 4.16. The molecular formula is C15H18N2O. The Morgan fingerprint density at radius 3 is 3.17 bits per heavy atom. The number of aliphatic hydroxyl groups excluding tert-OH is 1. The van der Waals surface area contributed by atoms with Gasteiger partial charge in [-0.25, -0.2) is 0 Å². The lowest BCUT2D eigenvalue weighted by atomic mass is 9.73. The first-order chi connectivity index (χ1) is 8.86. The molecule has 0 bridgehead atoms. The minimum Gasteiger partial charge on any atom is -0.396 e. The summed E-state index contributed by atoms with van der Waals surface area (Å²) < 4.78 is 0. The molecule has 3 nitrogen and oxygen atoms in total. The van der Waals surface area contributed by atoms with Crippen LogP contribution in [0.1, 0.15) is 23.5 Å². The van der Waals surface area contributed by atoms with Crippen molar-refractivity contribution in [3.05, 3.63) is 35.5 Å². The standard InChI is InChI=1S/C15H18N2O/c18-8-9-4-12-11-2-1-3-13-15(11)10(7-17-13)5-14(12)16-6-9/h1-3,7,9,12,14,16-18H,4-6,8H2/t9?,12-,14-/m0/s1. The zero-order valence-corrected chi connectivity index (χ0v) is 10.3. The third kappa shape index (κ3) is 1.38. The van der Waals surface area contributed by atoms with Gasteiger partial charge in [-0.1, -0.05) is 12.1 Å². The maximum absolute atomic E-state index is 9.38. The second-order valence-corrected chi connectivity index (χ2v) is 5.69. The average molecular weight is 242 g/mol. The molecule has 1 unspecified atom stereocenters. The quantitative estimate of drug-likeness (QED) is 0.714. The van der Waals surface area contributed by atoms with Gasteiger partial charge in [0.1, 0.15) is 0 Å². The van der Waals surface area contributed by atoms with E-state index in [0.717, 1.165) is 19.4 Å². The first-order valence-corrected chi connectivity index (χ1v) is 6.80. The fourth-order valence-electron chi connectivity index (χ4n) is 3.76. The predicted octanol–water partition coefficient (Wildman–Crippen LogP) is 1.78. The van der Waals surface area contributed by atoms with Crippen LogP contribution in [0.3, 0.4) is 0 Å². The van der Waals surface area contributed by atoms with E-state index in [1.54, 1.807) is 0 Å². The molecule has 3 heteroatoms. The van der Waals surface area contributed by atoms with E-state index in [1.807, 2.05) is 0 Å². The Bertz CT molecular complexity index is 589. The molecular weight excluding hydrogens is 224 g/mol. The first-order valence-electron chi connectivity index (χ1n) is 6.80. The molecule has 4 rings (SSSR count). The lowest BCUT2D eigenvalue weighted by Crippen LogP contribution is -2.47. The van der Waals surface area contributed by atoms with Gasteiger partial charge >= 0.3 is 0 Å². The van der Waals surface area contributed by atoms with E-state index in [2.05, 4.69) is 34.7 Å². The number of rotatable bonds is 1. The van der Waals surface area contributed by atoms with Gasteiger partial charge in [0.2, 0.25) is 0 Å². The van der Waals surface area contributed by atoms with Gasteiger partial charge in [0.15, 0.2) is 0 Å². The highest BCUT2D eigenvalue weighted by Crippen LogP contribution is 2.41. The third-order valence-corrected chi connectivity index (χ3v) is 4.66. The zero-order chi connectivity index (χ0) is 12.1. The molecule has 1 aromatic heterocycles. The maximum Gasteiger partial charge on any atom is 0.0471 e. The van der Waals surface area contributed by atoms with Crippen molar-refractivity contribution in [3.63, 3.8) is 0 Å². The van der Waals surface area contributed by atoms with Crippen molar-refractivity contribution in [1.82, 2.24) is 10.3 Å². The fourth-order valence-corrected chi connectivity index (χ4v) is 3.76. The molecule has 94 valence electrons. The molecule has 2 aromatic rings. The summed E-state index contributed by atoms with van der Waals surface area (Å²) in [5.74, 6) is 0.963. The second kappa shape index (κ2) is 3.84. The number of benzene rings is 1. The number of hydrogen-bond donors (Lipinski definition) is 3. The van der Waals surface area contributed by atoms with Crippen LogP contribution in [0.5, 0.6) is 0 Å². The van der Waals surface area contributed by atoms with Crippen LogP contribution < -0.4 is 5.32 Å². The molecule has 0 amide bonds. The van der Waals surface area contributed by atoms with Gasteiger partial charge in [0.05, 0.1) is 0 Å². The Kier molecular flexibility index (Phi) is 2.26. The van der Waals surface area contributed by atoms with Gasteiger partial charge < -0.3 is 15.4 Å². The van der Waals surface area contributed by atoms with Gasteiger partial charge in [0, 0.05) is 42.2 Å². The highest BCUT2D eigenvalue weighted by molar-refractivity contribution is 5.88. The molecule has 2 heterocycles. The van der Waals surface area contributed by atoms with Crippen LogP contribution in [-0.2, 0) is 6.42 Å². The molecule has 1 fully saturated rings. The Hall–Kier alpha value is -1.32. The Morgan fingerprint density at radius 2 is 2.28 bits per heavy atom. The van der Waals surface area contributed by atoms with Crippen LogP contribution in [0.2, 0.25) is 0 Å². The van der Waals surface area contributed by atoms with Crippen molar-refractivity contribution in [3.8, 4) is 0 Å². The molecule has 3 atom stereocenters. The van der Waals surface area contributed by atoms with Crippen molar-refractivity contribution in [1.29, 1.82) is 0 Å². The summed E-state index contributed by atoms with van der Waals surface area (Å²) in [7, 11) is 0. The van der Waals surface area contributed by atoms with Gasteiger partial charge in [-0.05, 0) is 36.0 Å². The number of aromatic nitrogens is 1. The lowest BCUT2D eigenvalue weighted by molar-refractivity contribution is 0.168. The van der Waals surface area contributed by atoms with Crippen LogP contribution in [0.4, 0.5) is 0 Å². The molecule has 18 heavy (non-hydrogen) atoms. The highest BCUT2D eigenvalue weighted by atomic mass is 16.3. The molecule has 1 aliphatic heterocycles. The Morgan fingerprint density at radius 1 is 1.33 bits per heavy atom. The van der Waals surface area contributed by atoms with E-state index in [-0.39, 0.29) is 0 Å². The predicted molar refractivity (Wildman–Crippen MR) is 71.7 cm³/mol. The average Bonchev–Trinajstić information content (AvgIpc) is 2.83. The summed E-state index contributed by atoms with van der Waals surface area (Å²) >= 11 is 0. The van der Waals surface area contributed by atoms with E-state index in [9.17, 15) is 5.11 Å². The van der Waals surface area contributed by atoms with Crippen molar-refractivity contribution in [2.75, 3.05) is 13.2 Å². The third-order valence-electron chi connectivity index (χ3n) is 4.66.